The Hall–Kier alpha value is -3.32. The van der Waals surface area contributed by atoms with Gasteiger partial charge >= 0.3 is 18.1 Å². The normalized spacial score (nSPS) is 16.5. The fraction of sp³-hybridized carbons (Fsp3) is 0.500. The maximum absolute atomic E-state index is 13.1. The largest absolute Gasteiger partial charge is 0.573 e. The van der Waals surface area contributed by atoms with Gasteiger partial charge in [-0.15, -0.1) is 13.2 Å². The van der Waals surface area contributed by atoms with Crippen molar-refractivity contribution in [2.45, 2.75) is 44.9 Å². The number of nitrogens with zero attached hydrogens (tertiary/aromatic N) is 4. The smallest absolute Gasteiger partial charge is 0.425 e. The molecule has 0 bridgehead atoms. The lowest BCUT2D eigenvalue weighted by molar-refractivity contribution is -0.274. The van der Waals surface area contributed by atoms with Crippen LogP contribution in [0.4, 0.5) is 13.2 Å². The van der Waals surface area contributed by atoms with E-state index in [9.17, 15) is 22.8 Å². The zero-order valence-electron chi connectivity index (χ0n) is 19.2. The standard InChI is InChI=1S/C22H25F3N4O6/c1-27-17-18(26-20(27)34-14-7-5-8-15(13-14)35-22(23,24)25)28(2)21(31)29(19(17)30)10-6-12-33-16-9-3-4-11-32-16/h5,7-8,13,16H,3-4,6,9-12H2,1-2H3. The van der Waals surface area contributed by atoms with E-state index >= 15 is 0 Å². The summed E-state index contributed by atoms with van der Waals surface area (Å²) in [5.74, 6) is -0.457. The third-order valence-electron chi connectivity index (χ3n) is 5.53. The Morgan fingerprint density at radius 1 is 1.14 bits per heavy atom. The number of benzene rings is 1. The molecule has 1 fully saturated rings. The van der Waals surface area contributed by atoms with E-state index in [0.717, 1.165) is 36.0 Å². The minimum Gasteiger partial charge on any atom is -0.425 e. The fourth-order valence-corrected chi connectivity index (χ4v) is 3.83. The molecular weight excluding hydrogens is 473 g/mol. The number of hydrogen-bond acceptors (Lipinski definition) is 7. The molecule has 13 heteroatoms. The molecular formula is C22H25F3N4O6. The van der Waals surface area contributed by atoms with Crippen molar-refractivity contribution in [3.05, 3.63) is 45.1 Å². The number of halogens is 3. The monoisotopic (exact) mass is 498 g/mol. The van der Waals surface area contributed by atoms with Gasteiger partial charge in [-0.25, -0.2) is 4.79 Å². The van der Waals surface area contributed by atoms with Crippen LogP contribution in [0.3, 0.4) is 0 Å². The van der Waals surface area contributed by atoms with Crippen LogP contribution in [0.5, 0.6) is 17.5 Å². The Balaban J connectivity index is 1.55. The van der Waals surface area contributed by atoms with Crippen LogP contribution >= 0.6 is 0 Å². The third kappa shape index (κ3) is 5.68. The highest BCUT2D eigenvalue weighted by molar-refractivity contribution is 5.71. The molecule has 0 radical (unpaired) electrons. The molecule has 1 aromatic carbocycles. The summed E-state index contributed by atoms with van der Waals surface area (Å²) in [4.78, 5) is 30.1. The molecule has 1 aliphatic heterocycles. The number of hydrogen-bond donors (Lipinski definition) is 0. The molecule has 10 nitrogen and oxygen atoms in total. The van der Waals surface area contributed by atoms with E-state index in [4.69, 9.17) is 14.2 Å². The van der Waals surface area contributed by atoms with Crippen LogP contribution in [0.25, 0.3) is 11.2 Å². The highest BCUT2D eigenvalue weighted by atomic mass is 19.4. The van der Waals surface area contributed by atoms with E-state index in [2.05, 4.69) is 9.72 Å². The van der Waals surface area contributed by atoms with Crippen LogP contribution in [0, 0.1) is 0 Å². The van der Waals surface area contributed by atoms with Gasteiger partial charge in [0.1, 0.15) is 11.5 Å². The van der Waals surface area contributed by atoms with Gasteiger partial charge in [0.25, 0.3) is 5.56 Å². The number of alkyl halides is 3. The van der Waals surface area contributed by atoms with Crippen molar-refractivity contribution in [2.24, 2.45) is 14.1 Å². The van der Waals surface area contributed by atoms with Crippen molar-refractivity contribution >= 4 is 11.2 Å². The Labute approximate surface area is 197 Å². The molecule has 1 unspecified atom stereocenters. The zero-order valence-corrected chi connectivity index (χ0v) is 19.2. The average Bonchev–Trinajstić information content (AvgIpc) is 3.13. The fourth-order valence-electron chi connectivity index (χ4n) is 3.83. The summed E-state index contributed by atoms with van der Waals surface area (Å²) in [6.07, 6.45) is -1.83. The highest BCUT2D eigenvalue weighted by Gasteiger charge is 2.31. The van der Waals surface area contributed by atoms with E-state index in [1.165, 1.54) is 35.4 Å². The minimum atomic E-state index is -4.85. The van der Waals surface area contributed by atoms with Crippen molar-refractivity contribution in [3.63, 3.8) is 0 Å². The lowest BCUT2D eigenvalue weighted by Gasteiger charge is -2.22. The predicted molar refractivity (Wildman–Crippen MR) is 118 cm³/mol. The summed E-state index contributed by atoms with van der Waals surface area (Å²) in [6, 6.07) is 4.83. The first-order chi connectivity index (χ1) is 16.6. The van der Waals surface area contributed by atoms with Crippen molar-refractivity contribution in [1.82, 2.24) is 18.7 Å². The van der Waals surface area contributed by atoms with Crippen molar-refractivity contribution in [1.29, 1.82) is 0 Å². The molecule has 1 atom stereocenters. The lowest BCUT2D eigenvalue weighted by atomic mass is 10.2. The van der Waals surface area contributed by atoms with Gasteiger partial charge in [0.15, 0.2) is 17.5 Å². The van der Waals surface area contributed by atoms with Crippen LogP contribution in [0.15, 0.2) is 33.9 Å². The van der Waals surface area contributed by atoms with Crippen LogP contribution < -0.4 is 20.7 Å². The molecule has 0 aliphatic carbocycles. The Bertz CT molecular complexity index is 1310. The van der Waals surface area contributed by atoms with Gasteiger partial charge in [-0.1, -0.05) is 6.07 Å². The Morgan fingerprint density at radius 2 is 1.91 bits per heavy atom. The molecule has 3 aromatic rings. The molecule has 1 saturated heterocycles. The quantitative estimate of drug-likeness (QED) is 0.440. The molecule has 4 rings (SSSR count). The molecule has 2 aromatic heterocycles. The van der Waals surface area contributed by atoms with Crippen LogP contribution in [-0.4, -0.2) is 44.6 Å². The van der Waals surface area contributed by atoms with Crippen molar-refractivity contribution in [3.8, 4) is 17.5 Å². The highest BCUT2D eigenvalue weighted by Crippen LogP contribution is 2.29. The number of imidazole rings is 1. The lowest BCUT2D eigenvalue weighted by Crippen LogP contribution is -2.40. The first kappa shape index (κ1) is 24.8. The summed E-state index contributed by atoms with van der Waals surface area (Å²) in [7, 11) is 2.99. The minimum absolute atomic E-state index is 0.0116. The van der Waals surface area contributed by atoms with Gasteiger partial charge in [0, 0.05) is 33.3 Å². The molecule has 35 heavy (non-hydrogen) atoms. The van der Waals surface area contributed by atoms with Gasteiger partial charge in [-0.3, -0.25) is 18.5 Å². The van der Waals surface area contributed by atoms with Gasteiger partial charge in [0.2, 0.25) is 0 Å². The first-order valence-electron chi connectivity index (χ1n) is 11.1. The maximum Gasteiger partial charge on any atom is 0.573 e. The van der Waals surface area contributed by atoms with E-state index < -0.39 is 23.4 Å². The molecule has 1 aliphatic rings. The summed E-state index contributed by atoms with van der Waals surface area (Å²) in [6.45, 7) is 1.12. The summed E-state index contributed by atoms with van der Waals surface area (Å²) in [5, 5.41) is 0. The molecule has 3 heterocycles. The summed E-state index contributed by atoms with van der Waals surface area (Å²) < 4.78 is 61.9. The number of ether oxygens (including phenoxy) is 4. The second kappa shape index (κ2) is 10.1. The molecule has 0 N–H and O–H groups in total. The van der Waals surface area contributed by atoms with Crippen molar-refractivity contribution < 1.29 is 32.1 Å². The third-order valence-corrected chi connectivity index (χ3v) is 5.53. The topological polar surface area (TPSA) is 98.7 Å². The van der Waals surface area contributed by atoms with Crippen LogP contribution in [0.1, 0.15) is 25.7 Å². The number of aryl methyl sites for hydroxylation is 2. The maximum atomic E-state index is 13.1. The van der Waals surface area contributed by atoms with Gasteiger partial charge in [0.05, 0.1) is 6.61 Å². The second-order valence-corrected chi connectivity index (χ2v) is 8.07. The Kier molecular flexibility index (Phi) is 7.17. The Morgan fingerprint density at radius 3 is 2.63 bits per heavy atom. The van der Waals surface area contributed by atoms with Crippen LogP contribution in [-0.2, 0) is 30.1 Å². The van der Waals surface area contributed by atoms with Crippen molar-refractivity contribution in [2.75, 3.05) is 13.2 Å². The molecule has 0 amide bonds. The first-order valence-corrected chi connectivity index (χ1v) is 11.1. The number of fused-ring (bicyclic) bond motifs is 1. The summed E-state index contributed by atoms with van der Waals surface area (Å²) in [5.41, 5.74) is -0.915. The van der Waals surface area contributed by atoms with E-state index in [0.29, 0.717) is 19.6 Å². The number of rotatable bonds is 8. The second-order valence-electron chi connectivity index (χ2n) is 8.07. The molecule has 190 valence electrons. The SMILES string of the molecule is Cn1c(Oc2cccc(OC(F)(F)F)c2)nc2c1c(=O)n(CCCOC1CCCCO1)c(=O)n2C. The van der Waals surface area contributed by atoms with Gasteiger partial charge in [-0.2, -0.15) is 4.98 Å². The van der Waals surface area contributed by atoms with E-state index in [1.54, 1.807) is 0 Å². The van der Waals surface area contributed by atoms with Crippen LogP contribution in [0.2, 0.25) is 0 Å². The van der Waals surface area contributed by atoms with Gasteiger partial charge < -0.3 is 18.9 Å². The van der Waals surface area contributed by atoms with Gasteiger partial charge in [-0.05, 0) is 37.8 Å². The summed E-state index contributed by atoms with van der Waals surface area (Å²) >= 11 is 0. The molecule has 0 spiro atoms. The predicted octanol–water partition coefficient (Wildman–Crippen LogP) is 3.06. The van der Waals surface area contributed by atoms with E-state index in [-0.39, 0.29) is 35.8 Å². The number of aromatic nitrogens is 4. The van der Waals surface area contributed by atoms with E-state index in [1.807, 2.05) is 0 Å². The average molecular weight is 498 g/mol. The molecule has 0 saturated carbocycles. The zero-order chi connectivity index (χ0) is 25.2.